The zero-order chi connectivity index (χ0) is 8.10. The number of aliphatic hydroxyl groups is 1. The highest BCUT2D eigenvalue weighted by Crippen LogP contribution is 2.19. The van der Waals surface area contributed by atoms with E-state index in [1.807, 2.05) is 0 Å². The average molecular weight is 156 g/mol. The molecule has 2 nitrogen and oxygen atoms in total. The summed E-state index contributed by atoms with van der Waals surface area (Å²) in [7, 11) is 0. The first-order valence-corrected chi connectivity index (χ1v) is 4.22. The molecule has 1 N–H and O–H groups in total. The lowest BCUT2D eigenvalue weighted by Gasteiger charge is -2.09. The maximum atomic E-state index is 8.61. The number of hydrogen-bond donors (Lipinski definition) is 1. The second-order valence-electron chi connectivity index (χ2n) is 3.06. The second-order valence-corrected chi connectivity index (χ2v) is 3.06. The average Bonchev–Trinajstić information content (AvgIpc) is 2.40. The first kappa shape index (κ1) is 8.75. The van der Waals surface area contributed by atoms with Gasteiger partial charge in [-0.1, -0.05) is 12.2 Å². The van der Waals surface area contributed by atoms with Crippen molar-refractivity contribution < 1.29 is 9.84 Å². The van der Waals surface area contributed by atoms with Crippen LogP contribution < -0.4 is 0 Å². The molecule has 0 saturated carbocycles. The van der Waals surface area contributed by atoms with Crippen molar-refractivity contribution in [3.05, 3.63) is 12.2 Å². The van der Waals surface area contributed by atoms with Crippen molar-refractivity contribution in [1.82, 2.24) is 0 Å². The van der Waals surface area contributed by atoms with E-state index in [0.717, 1.165) is 31.4 Å². The number of rotatable bonds is 4. The lowest BCUT2D eigenvalue weighted by Crippen LogP contribution is -2.06. The summed E-state index contributed by atoms with van der Waals surface area (Å²) in [6.07, 6.45) is 4.37. The molecule has 1 atom stereocenters. The van der Waals surface area contributed by atoms with Crippen LogP contribution in [0.25, 0.3) is 0 Å². The Bertz CT molecular complexity index is 126. The monoisotopic (exact) mass is 156 g/mol. The largest absolute Gasteiger partial charge is 0.396 e. The molecule has 1 aliphatic rings. The van der Waals surface area contributed by atoms with Crippen molar-refractivity contribution in [3.8, 4) is 0 Å². The molecule has 1 heterocycles. The summed E-state index contributed by atoms with van der Waals surface area (Å²) < 4.78 is 5.43. The summed E-state index contributed by atoms with van der Waals surface area (Å²) >= 11 is 0. The van der Waals surface area contributed by atoms with Gasteiger partial charge >= 0.3 is 0 Å². The van der Waals surface area contributed by atoms with E-state index in [2.05, 4.69) is 6.58 Å². The lowest BCUT2D eigenvalue weighted by molar-refractivity contribution is 0.110. The highest BCUT2D eigenvalue weighted by atomic mass is 16.5. The van der Waals surface area contributed by atoms with Crippen LogP contribution in [0, 0.1) is 0 Å². The molecule has 1 aliphatic heterocycles. The third kappa shape index (κ3) is 3.04. The molecule has 2 heteroatoms. The van der Waals surface area contributed by atoms with E-state index in [-0.39, 0.29) is 6.61 Å². The third-order valence-electron chi connectivity index (χ3n) is 2.01. The fraction of sp³-hybridized carbons (Fsp3) is 0.778. The third-order valence-corrected chi connectivity index (χ3v) is 2.01. The number of ether oxygens (including phenoxy) is 1. The smallest absolute Gasteiger partial charge is 0.0612 e. The molecule has 11 heavy (non-hydrogen) atoms. The van der Waals surface area contributed by atoms with Gasteiger partial charge in [-0.3, -0.25) is 0 Å². The van der Waals surface area contributed by atoms with E-state index in [4.69, 9.17) is 9.84 Å². The first-order chi connectivity index (χ1) is 5.33. The lowest BCUT2D eigenvalue weighted by atomic mass is 10.1. The van der Waals surface area contributed by atoms with Crippen LogP contribution in [-0.4, -0.2) is 24.4 Å². The van der Waals surface area contributed by atoms with E-state index in [9.17, 15) is 0 Å². The summed E-state index contributed by atoms with van der Waals surface area (Å²) in [6.45, 7) is 4.98. The van der Waals surface area contributed by atoms with E-state index < -0.39 is 0 Å². The summed E-state index contributed by atoms with van der Waals surface area (Å²) in [5.41, 5.74) is 1.11. The van der Waals surface area contributed by atoms with Gasteiger partial charge in [0.05, 0.1) is 6.10 Å². The van der Waals surface area contributed by atoms with Crippen LogP contribution in [-0.2, 0) is 4.74 Å². The standard InChI is InChI=1S/C9H16O2/c1-8(4-5-10)7-9-3-2-6-11-9/h9-10H,1-7H2. The zero-order valence-corrected chi connectivity index (χ0v) is 6.88. The van der Waals surface area contributed by atoms with Crippen molar-refractivity contribution in [2.45, 2.75) is 31.8 Å². The predicted octanol–water partition coefficient (Wildman–Crippen LogP) is 1.49. The highest BCUT2D eigenvalue weighted by Gasteiger charge is 2.15. The van der Waals surface area contributed by atoms with Gasteiger partial charge in [0.15, 0.2) is 0 Å². The van der Waals surface area contributed by atoms with Gasteiger partial charge in [0.1, 0.15) is 0 Å². The van der Waals surface area contributed by atoms with Gasteiger partial charge in [-0.25, -0.2) is 0 Å². The highest BCUT2D eigenvalue weighted by molar-refractivity contribution is 4.96. The molecule has 0 bridgehead atoms. The SMILES string of the molecule is C=C(CCO)CC1CCCO1. The minimum Gasteiger partial charge on any atom is -0.396 e. The van der Waals surface area contributed by atoms with Crippen LogP contribution in [0.2, 0.25) is 0 Å². The van der Waals surface area contributed by atoms with Gasteiger partial charge in [-0.2, -0.15) is 0 Å². The minimum absolute atomic E-state index is 0.214. The van der Waals surface area contributed by atoms with Crippen molar-refractivity contribution in [2.75, 3.05) is 13.2 Å². The van der Waals surface area contributed by atoms with Crippen LogP contribution >= 0.6 is 0 Å². The fourth-order valence-corrected chi connectivity index (χ4v) is 1.39. The maximum Gasteiger partial charge on any atom is 0.0612 e. The molecule has 0 radical (unpaired) electrons. The summed E-state index contributed by atoms with van der Waals surface area (Å²) in [5, 5.41) is 8.61. The Morgan fingerprint density at radius 1 is 1.64 bits per heavy atom. The molecule has 1 unspecified atom stereocenters. The van der Waals surface area contributed by atoms with Crippen molar-refractivity contribution >= 4 is 0 Å². The van der Waals surface area contributed by atoms with E-state index >= 15 is 0 Å². The van der Waals surface area contributed by atoms with Crippen molar-refractivity contribution in [1.29, 1.82) is 0 Å². The Kier molecular flexibility index (Phi) is 3.60. The molecule has 1 fully saturated rings. The van der Waals surface area contributed by atoms with Crippen LogP contribution in [0.3, 0.4) is 0 Å². The molecule has 0 aliphatic carbocycles. The van der Waals surface area contributed by atoms with Crippen LogP contribution in [0.4, 0.5) is 0 Å². The van der Waals surface area contributed by atoms with Crippen LogP contribution in [0.5, 0.6) is 0 Å². The molecule has 0 spiro atoms. The maximum absolute atomic E-state index is 8.61. The quantitative estimate of drug-likeness (QED) is 0.625. The van der Waals surface area contributed by atoms with Crippen molar-refractivity contribution in [3.63, 3.8) is 0 Å². The number of aliphatic hydroxyl groups excluding tert-OH is 1. The fourth-order valence-electron chi connectivity index (χ4n) is 1.39. The van der Waals surface area contributed by atoms with Gasteiger partial charge < -0.3 is 9.84 Å². The Hall–Kier alpha value is -0.340. The van der Waals surface area contributed by atoms with E-state index in [0.29, 0.717) is 6.10 Å². The van der Waals surface area contributed by atoms with Gasteiger partial charge in [0.2, 0.25) is 0 Å². The molecule has 0 aromatic heterocycles. The Morgan fingerprint density at radius 3 is 3.00 bits per heavy atom. The summed E-state index contributed by atoms with van der Waals surface area (Å²) in [5.74, 6) is 0. The molecule has 64 valence electrons. The Balaban J connectivity index is 2.13. The van der Waals surface area contributed by atoms with E-state index in [1.165, 1.54) is 6.42 Å². The van der Waals surface area contributed by atoms with Gasteiger partial charge in [-0.05, 0) is 25.7 Å². The molecule has 1 rings (SSSR count). The summed E-state index contributed by atoms with van der Waals surface area (Å²) in [6, 6.07) is 0. The van der Waals surface area contributed by atoms with Crippen molar-refractivity contribution in [2.24, 2.45) is 0 Å². The van der Waals surface area contributed by atoms with Crippen LogP contribution in [0.15, 0.2) is 12.2 Å². The normalized spacial score (nSPS) is 23.9. The van der Waals surface area contributed by atoms with Gasteiger partial charge in [-0.15, -0.1) is 0 Å². The molecule has 0 aromatic rings. The Labute approximate surface area is 67.9 Å². The first-order valence-electron chi connectivity index (χ1n) is 4.22. The van der Waals surface area contributed by atoms with Gasteiger partial charge in [0, 0.05) is 13.2 Å². The second kappa shape index (κ2) is 4.52. The topological polar surface area (TPSA) is 29.5 Å². The number of hydrogen-bond acceptors (Lipinski definition) is 2. The predicted molar refractivity (Wildman–Crippen MR) is 44.4 cm³/mol. The van der Waals surface area contributed by atoms with E-state index in [1.54, 1.807) is 0 Å². The molecule has 0 aromatic carbocycles. The van der Waals surface area contributed by atoms with Crippen LogP contribution in [0.1, 0.15) is 25.7 Å². The molecule has 1 saturated heterocycles. The molecular formula is C9H16O2. The Morgan fingerprint density at radius 2 is 2.45 bits per heavy atom. The zero-order valence-electron chi connectivity index (χ0n) is 6.88. The molecular weight excluding hydrogens is 140 g/mol. The summed E-state index contributed by atoms with van der Waals surface area (Å²) in [4.78, 5) is 0. The minimum atomic E-state index is 0.214. The van der Waals surface area contributed by atoms with Gasteiger partial charge in [0.25, 0.3) is 0 Å². The molecule has 0 amide bonds.